The quantitative estimate of drug-likeness (QED) is 0.208. The number of alkyl halides is 3. The van der Waals surface area contributed by atoms with Gasteiger partial charge in [-0.2, -0.15) is 13.2 Å². The molecule has 0 fully saturated rings. The van der Waals surface area contributed by atoms with Gasteiger partial charge in [-0.05, 0) is 68.1 Å². The van der Waals surface area contributed by atoms with Crippen LogP contribution in [0.3, 0.4) is 0 Å². The molecule has 41 heavy (non-hydrogen) atoms. The standard InChI is InChI=1S/C31H28F3NO4S2/c1-19(23-11-13-24(14-12-23)28(36)18-41(38,39)26-7-5-4-6-8-26)35-30(37)29-21(3)40-20(2)27(29)17-22-9-15-25(16-10-22)31(32,33)34/h4-16,19H,17-18H2,1-3H3,(H,35,37)/t19-/m0/s1. The average Bonchev–Trinajstić information content (AvgIpc) is 3.20. The number of rotatable bonds is 9. The summed E-state index contributed by atoms with van der Waals surface area (Å²) in [6.45, 7) is 5.50. The molecule has 0 radical (unpaired) electrons. The average molecular weight is 600 g/mol. The molecule has 0 aliphatic rings. The molecule has 0 aliphatic carbocycles. The van der Waals surface area contributed by atoms with Gasteiger partial charge in [0, 0.05) is 15.3 Å². The number of amides is 1. The number of thiophene rings is 1. The van der Waals surface area contributed by atoms with Crippen LogP contribution in [0.4, 0.5) is 13.2 Å². The highest BCUT2D eigenvalue weighted by molar-refractivity contribution is 7.92. The first-order valence-corrected chi connectivity index (χ1v) is 15.2. The maximum absolute atomic E-state index is 13.4. The van der Waals surface area contributed by atoms with Gasteiger partial charge in [-0.1, -0.05) is 54.6 Å². The molecule has 0 aliphatic heterocycles. The number of aryl methyl sites for hydroxylation is 2. The third kappa shape index (κ3) is 7.12. The van der Waals surface area contributed by atoms with E-state index < -0.39 is 39.2 Å². The SMILES string of the molecule is Cc1sc(C)c(C(=O)N[C@@H](C)c2ccc(C(=O)CS(=O)(=O)c3ccccc3)cc2)c1Cc1ccc(C(F)(F)F)cc1. The summed E-state index contributed by atoms with van der Waals surface area (Å²) in [5.41, 5.74) is 2.16. The molecule has 10 heteroatoms. The summed E-state index contributed by atoms with van der Waals surface area (Å²) in [5, 5.41) is 2.97. The molecule has 1 heterocycles. The number of hydrogen-bond acceptors (Lipinski definition) is 5. The van der Waals surface area contributed by atoms with Crippen molar-refractivity contribution >= 4 is 32.9 Å². The van der Waals surface area contributed by atoms with Crippen molar-refractivity contribution < 1.29 is 31.2 Å². The van der Waals surface area contributed by atoms with E-state index in [9.17, 15) is 31.2 Å². The monoisotopic (exact) mass is 599 g/mol. The molecule has 1 N–H and O–H groups in total. The molecular formula is C31H28F3NO4S2. The predicted octanol–water partition coefficient (Wildman–Crippen LogP) is 7.12. The summed E-state index contributed by atoms with van der Waals surface area (Å²) in [6.07, 6.45) is -4.10. The van der Waals surface area contributed by atoms with Crippen LogP contribution in [0.1, 0.15) is 65.7 Å². The normalized spacial score (nSPS) is 12.6. The Labute approximate surface area is 241 Å². The molecule has 1 amide bonds. The van der Waals surface area contributed by atoms with E-state index in [2.05, 4.69) is 5.32 Å². The Balaban J connectivity index is 1.45. The first-order valence-electron chi connectivity index (χ1n) is 12.7. The lowest BCUT2D eigenvalue weighted by Gasteiger charge is -2.16. The molecule has 3 aromatic carbocycles. The van der Waals surface area contributed by atoms with E-state index in [0.717, 1.165) is 33.0 Å². The Kier molecular flexibility index (Phi) is 8.84. The number of carbonyl (C=O) groups is 2. The van der Waals surface area contributed by atoms with Crippen LogP contribution in [0.2, 0.25) is 0 Å². The van der Waals surface area contributed by atoms with Crippen LogP contribution < -0.4 is 5.32 Å². The van der Waals surface area contributed by atoms with Crippen molar-refractivity contribution in [2.75, 3.05) is 5.75 Å². The fourth-order valence-electron chi connectivity index (χ4n) is 4.53. The van der Waals surface area contributed by atoms with Gasteiger partial charge in [0.1, 0.15) is 5.75 Å². The number of benzene rings is 3. The molecule has 0 bridgehead atoms. The van der Waals surface area contributed by atoms with Gasteiger partial charge >= 0.3 is 6.18 Å². The largest absolute Gasteiger partial charge is 0.416 e. The Bertz CT molecular complexity index is 1660. The van der Waals surface area contributed by atoms with Crippen molar-refractivity contribution in [3.05, 3.63) is 122 Å². The Morgan fingerprint density at radius 1 is 0.878 bits per heavy atom. The van der Waals surface area contributed by atoms with Crippen LogP contribution in [0.15, 0.2) is 83.8 Å². The van der Waals surface area contributed by atoms with Crippen LogP contribution in [0.5, 0.6) is 0 Å². The Hall–Kier alpha value is -3.76. The highest BCUT2D eigenvalue weighted by Crippen LogP contribution is 2.32. The van der Waals surface area contributed by atoms with Crippen LogP contribution in [0.25, 0.3) is 0 Å². The van der Waals surface area contributed by atoms with Gasteiger partial charge in [0.25, 0.3) is 5.91 Å². The van der Waals surface area contributed by atoms with Crippen molar-refractivity contribution in [1.29, 1.82) is 0 Å². The minimum Gasteiger partial charge on any atom is -0.345 e. The molecule has 0 saturated heterocycles. The van der Waals surface area contributed by atoms with Gasteiger partial charge in [-0.25, -0.2) is 8.42 Å². The second-order valence-corrected chi connectivity index (χ2v) is 13.2. The van der Waals surface area contributed by atoms with Crippen molar-refractivity contribution in [2.45, 2.75) is 44.3 Å². The zero-order valence-electron chi connectivity index (χ0n) is 22.6. The van der Waals surface area contributed by atoms with E-state index in [1.807, 2.05) is 13.8 Å². The first kappa shape index (κ1) is 30.2. The lowest BCUT2D eigenvalue weighted by molar-refractivity contribution is -0.137. The molecule has 0 spiro atoms. The van der Waals surface area contributed by atoms with Crippen molar-refractivity contribution in [2.24, 2.45) is 0 Å². The van der Waals surface area contributed by atoms with Gasteiger partial charge in [0.15, 0.2) is 15.6 Å². The van der Waals surface area contributed by atoms with E-state index in [1.165, 1.54) is 47.7 Å². The molecule has 4 rings (SSSR count). The van der Waals surface area contributed by atoms with E-state index in [-0.39, 0.29) is 16.4 Å². The van der Waals surface area contributed by atoms with Crippen molar-refractivity contribution in [3.63, 3.8) is 0 Å². The molecule has 214 valence electrons. The summed E-state index contributed by atoms with van der Waals surface area (Å²) >= 11 is 1.45. The van der Waals surface area contributed by atoms with Crippen molar-refractivity contribution in [3.8, 4) is 0 Å². The lowest BCUT2D eigenvalue weighted by atomic mass is 9.98. The summed E-state index contributed by atoms with van der Waals surface area (Å²) in [4.78, 5) is 27.8. The number of ketones is 1. The van der Waals surface area contributed by atoms with Crippen LogP contribution in [0, 0.1) is 13.8 Å². The van der Waals surface area contributed by atoms with Gasteiger partial charge in [-0.3, -0.25) is 9.59 Å². The third-order valence-electron chi connectivity index (χ3n) is 6.78. The van der Waals surface area contributed by atoms with Crippen molar-refractivity contribution in [1.82, 2.24) is 5.32 Å². The lowest BCUT2D eigenvalue weighted by Crippen LogP contribution is -2.27. The Morgan fingerprint density at radius 3 is 2.07 bits per heavy atom. The number of carbonyl (C=O) groups excluding carboxylic acids is 2. The van der Waals surface area contributed by atoms with Gasteiger partial charge < -0.3 is 5.32 Å². The molecule has 4 aromatic rings. The summed E-state index contributed by atoms with van der Waals surface area (Å²) in [7, 11) is -3.77. The minimum absolute atomic E-state index is 0.0814. The van der Waals surface area contributed by atoms with E-state index in [0.29, 0.717) is 17.5 Å². The smallest absolute Gasteiger partial charge is 0.345 e. The van der Waals surface area contributed by atoms with E-state index in [4.69, 9.17) is 0 Å². The molecule has 5 nitrogen and oxygen atoms in total. The fraction of sp³-hybridized carbons (Fsp3) is 0.226. The zero-order valence-corrected chi connectivity index (χ0v) is 24.2. The number of sulfone groups is 1. The molecular weight excluding hydrogens is 571 g/mol. The summed E-state index contributed by atoms with van der Waals surface area (Å²) in [5.74, 6) is -1.49. The van der Waals surface area contributed by atoms with Crippen LogP contribution in [-0.2, 0) is 22.4 Å². The second kappa shape index (κ2) is 12.0. The molecule has 0 saturated carbocycles. The van der Waals surface area contributed by atoms with Gasteiger partial charge in [-0.15, -0.1) is 11.3 Å². The third-order valence-corrected chi connectivity index (χ3v) is 9.47. The van der Waals surface area contributed by atoms with Crippen LogP contribution >= 0.6 is 11.3 Å². The summed E-state index contributed by atoms with van der Waals surface area (Å²) < 4.78 is 64.0. The molecule has 0 unspecified atom stereocenters. The predicted molar refractivity (Wildman–Crippen MR) is 153 cm³/mol. The minimum atomic E-state index is -4.42. The highest BCUT2D eigenvalue weighted by atomic mass is 32.2. The molecule has 1 atom stereocenters. The van der Waals surface area contributed by atoms with E-state index >= 15 is 0 Å². The fourth-order valence-corrected chi connectivity index (χ4v) is 6.86. The number of hydrogen-bond donors (Lipinski definition) is 1. The second-order valence-electron chi connectivity index (χ2n) is 9.75. The maximum Gasteiger partial charge on any atom is 0.416 e. The first-order chi connectivity index (χ1) is 19.3. The Morgan fingerprint density at radius 2 is 1.49 bits per heavy atom. The number of Topliss-reactive ketones (excluding diaryl/α,β-unsaturated/α-hetero) is 1. The summed E-state index contributed by atoms with van der Waals surface area (Å²) in [6, 6.07) is 18.7. The van der Waals surface area contributed by atoms with Gasteiger partial charge in [0.05, 0.1) is 22.1 Å². The molecule has 1 aromatic heterocycles. The highest BCUT2D eigenvalue weighted by Gasteiger charge is 2.30. The number of nitrogens with one attached hydrogen (secondary N) is 1. The topological polar surface area (TPSA) is 80.3 Å². The zero-order chi connectivity index (χ0) is 29.9. The number of halogens is 3. The van der Waals surface area contributed by atoms with Crippen LogP contribution in [-0.4, -0.2) is 25.9 Å². The van der Waals surface area contributed by atoms with Gasteiger partial charge in [0.2, 0.25) is 0 Å². The maximum atomic E-state index is 13.4. The van der Waals surface area contributed by atoms with E-state index in [1.54, 1.807) is 37.3 Å².